The Bertz CT molecular complexity index is 2610. The highest BCUT2D eigenvalue weighted by molar-refractivity contribution is 6.31. The Morgan fingerprint density at radius 3 is 2.14 bits per heavy atom. The fraction of sp³-hybridized carbons (Fsp3) is 0.0417. The number of rotatable bonds is 3. The molecule has 0 atom stereocenters. The highest BCUT2D eigenvalue weighted by atomic mass is 35.5. The lowest BCUT2D eigenvalue weighted by atomic mass is 9.92. The number of H-pyrrole nitrogens is 1. The standard InChI is InChI=1S/C20H15Cl.C20H15N.C8H7N/c1-13-9-15-11-16(21)12-20(19(15)10-13)18-8-4-6-14-5-2-3-7-17(14)18;1-2-7-16(8-3-1)18-10-6-11-19(15-18)21-14-13-17-9-4-5-12-20(17)21;1-2-4-8-7(3-1)5-6-9-8/h2-9,11-12H,10H2,1H3;1-15H;1-6,9H. The summed E-state index contributed by atoms with van der Waals surface area (Å²) in [5.41, 5.74) is 12.7. The summed E-state index contributed by atoms with van der Waals surface area (Å²) in [5.74, 6) is 0. The summed E-state index contributed by atoms with van der Waals surface area (Å²) in [6.45, 7) is 2.18. The first-order valence-corrected chi connectivity index (χ1v) is 17.7. The number of para-hydroxylation sites is 2. The van der Waals surface area contributed by atoms with E-state index in [0.717, 1.165) is 11.4 Å². The van der Waals surface area contributed by atoms with E-state index >= 15 is 0 Å². The molecule has 51 heavy (non-hydrogen) atoms. The van der Waals surface area contributed by atoms with Crippen LogP contribution in [0.5, 0.6) is 0 Å². The summed E-state index contributed by atoms with van der Waals surface area (Å²) in [6.07, 6.45) is 7.35. The van der Waals surface area contributed by atoms with Gasteiger partial charge >= 0.3 is 0 Å². The molecule has 246 valence electrons. The van der Waals surface area contributed by atoms with Crippen molar-refractivity contribution in [3.63, 3.8) is 0 Å². The van der Waals surface area contributed by atoms with Crippen LogP contribution in [0.4, 0.5) is 0 Å². The van der Waals surface area contributed by atoms with Crippen LogP contribution >= 0.6 is 11.6 Å². The average molecular weight is 677 g/mol. The molecule has 2 aromatic heterocycles. The molecule has 0 amide bonds. The van der Waals surface area contributed by atoms with Crippen LogP contribution in [0.2, 0.25) is 5.02 Å². The number of aromatic nitrogens is 2. The summed E-state index contributed by atoms with van der Waals surface area (Å²) in [5, 5.41) is 5.91. The van der Waals surface area contributed by atoms with Crippen LogP contribution in [0.25, 0.3) is 66.6 Å². The molecular formula is C48H37ClN2. The zero-order valence-corrected chi connectivity index (χ0v) is 29.2. The minimum Gasteiger partial charge on any atom is -0.361 e. The zero-order chi connectivity index (χ0) is 34.6. The van der Waals surface area contributed by atoms with Gasteiger partial charge < -0.3 is 9.55 Å². The van der Waals surface area contributed by atoms with Gasteiger partial charge in [-0.1, -0.05) is 145 Å². The van der Waals surface area contributed by atoms with Gasteiger partial charge in [0.25, 0.3) is 0 Å². The molecule has 0 spiro atoms. The Morgan fingerprint density at radius 1 is 0.569 bits per heavy atom. The number of benzene rings is 7. The monoisotopic (exact) mass is 676 g/mol. The van der Waals surface area contributed by atoms with E-state index in [1.54, 1.807) is 0 Å². The first-order valence-electron chi connectivity index (χ1n) is 17.3. The van der Waals surface area contributed by atoms with Gasteiger partial charge in [-0.15, -0.1) is 0 Å². The van der Waals surface area contributed by atoms with Gasteiger partial charge in [-0.2, -0.15) is 0 Å². The van der Waals surface area contributed by atoms with Gasteiger partial charge in [0.05, 0.1) is 5.52 Å². The Hall–Kier alpha value is -6.09. The van der Waals surface area contributed by atoms with Crippen molar-refractivity contribution in [2.24, 2.45) is 0 Å². The van der Waals surface area contributed by atoms with Crippen molar-refractivity contribution in [2.75, 3.05) is 0 Å². The smallest absolute Gasteiger partial charge is 0.0528 e. The van der Waals surface area contributed by atoms with Crippen molar-refractivity contribution in [2.45, 2.75) is 13.3 Å². The molecule has 0 radical (unpaired) electrons. The summed E-state index contributed by atoms with van der Waals surface area (Å²) in [6, 6.07) is 59.2. The maximum absolute atomic E-state index is 6.35. The Balaban J connectivity index is 0.000000118. The zero-order valence-electron chi connectivity index (χ0n) is 28.4. The first-order chi connectivity index (χ1) is 25.1. The topological polar surface area (TPSA) is 20.7 Å². The number of allylic oxidation sites excluding steroid dienone is 1. The van der Waals surface area contributed by atoms with Gasteiger partial charge in [-0.05, 0) is 117 Å². The van der Waals surface area contributed by atoms with Crippen molar-refractivity contribution in [3.8, 4) is 27.9 Å². The largest absolute Gasteiger partial charge is 0.361 e. The van der Waals surface area contributed by atoms with Gasteiger partial charge in [-0.25, -0.2) is 0 Å². The molecule has 0 saturated carbocycles. The van der Waals surface area contributed by atoms with Crippen LogP contribution in [-0.4, -0.2) is 9.55 Å². The summed E-state index contributed by atoms with van der Waals surface area (Å²) in [7, 11) is 0. The lowest BCUT2D eigenvalue weighted by Gasteiger charge is -2.13. The number of hydrogen-bond donors (Lipinski definition) is 1. The van der Waals surface area contributed by atoms with Crippen molar-refractivity contribution in [3.05, 3.63) is 204 Å². The van der Waals surface area contributed by atoms with Crippen molar-refractivity contribution in [1.29, 1.82) is 0 Å². The molecule has 0 fully saturated rings. The predicted molar refractivity (Wildman–Crippen MR) is 219 cm³/mol. The molecule has 0 bridgehead atoms. The second kappa shape index (κ2) is 14.4. The molecule has 0 aliphatic heterocycles. The molecule has 1 aliphatic carbocycles. The van der Waals surface area contributed by atoms with Gasteiger partial charge in [0.15, 0.2) is 0 Å². The number of nitrogens with one attached hydrogen (secondary N) is 1. The van der Waals surface area contributed by atoms with E-state index < -0.39 is 0 Å². The van der Waals surface area contributed by atoms with E-state index in [-0.39, 0.29) is 0 Å². The normalized spacial score (nSPS) is 11.8. The lowest BCUT2D eigenvalue weighted by Crippen LogP contribution is -1.91. The number of fused-ring (bicyclic) bond motifs is 4. The fourth-order valence-electron chi connectivity index (χ4n) is 7.05. The van der Waals surface area contributed by atoms with Crippen molar-refractivity contribution >= 4 is 50.3 Å². The van der Waals surface area contributed by atoms with E-state index in [2.05, 4.69) is 180 Å². The molecule has 0 unspecified atom stereocenters. The molecule has 1 N–H and O–H groups in total. The van der Waals surface area contributed by atoms with E-state index in [1.807, 2.05) is 24.4 Å². The van der Waals surface area contributed by atoms with Gasteiger partial charge in [0.1, 0.15) is 0 Å². The maximum atomic E-state index is 6.35. The van der Waals surface area contributed by atoms with Crippen LogP contribution in [0.3, 0.4) is 0 Å². The second-order valence-corrected chi connectivity index (χ2v) is 13.4. The predicted octanol–water partition coefficient (Wildman–Crippen LogP) is 13.6. The minimum absolute atomic E-state index is 0.808. The SMILES string of the molecule is CC1=Cc2cc(Cl)cc(-c3cccc4ccccc34)c2C1.c1ccc(-c2cccc(-n3ccc4ccccc43)c2)cc1.c1ccc2[nH]ccc2c1. The molecule has 2 nitrogen and oxygen atoms in total. The van der Waals surface area contributed by atoms with Crippen LogP contribution in [0, 0.1) is 0 Å². The highest BCUT2D eigenvalue weighted by Gasteiger charge is 2.17. The molecule has 1 aliphatic rings. The Morgan fingerprint density at radius 2 is 1.27 bits per heavy atom. The van der Waals surface area contributed by atoms with Crippen LogP contribution in [0.15, 0.2) is 188 Å². The molecule has 10 rings (SSSR count). The summed E-state index contributed by atoms with van der Waals surface area (Å²) >= 11 is 6.35. The molecule has 7 aromatic carbocycles. The van der Waals surface area contributed by atoms with Gasteiger partial charge in [0, 0.05) is 28.6 Å². The molecule has 9 aromatic rings. The van der Waals surface area contributed by atoms with Gasteiger partial charge in [0.2, 0.25) is 0 Å². The van der Waals surface area contributed by atoms with Crippen molar-refractivity contribution in [1.82, 2.24) is 9.55 Å². The van der Waals surface area contributed by atoms with E-state index in [1.165, 1.54) is 77.2 Å². The van der Waals surface area contributed by atoms with E-state index in [0.29, 0.717) is 0 Å². The maximum Gasteiger partial charge on any atom is 0.0528 e. The summed E-state index contributed by atoms with van der Waals surface area (Å²) < 4.78 is 2.24. The molecular weight excluding hydrogens is 640 g/mol. The van der Waals surface area contributed by atoms with Crippen molar-refractivity contribution < 1.29 is 0 Å². The third kappa shape index (κ3) is 6.88. The number of hydrogen-bond acceptors (Lipinski definition) is 0. The van der Waals surface area contributed by atoms with Crippen LogP contribution in [0.1, 0.15) is 18.1 Å². The van der Waals surface area contributed by atoms with E-state index in [9.17, 15) is 0 Å². The number of aromatic amines is 1. The second-order valence-electron chi connectivity index (χ2n) is 12.9. The Kier molecular flexibility index (Phi) is 9.08. The minimum atomic E-state index is 0.808. The van der Waals surface area contributed by atoms with Crippen LogP contribution in [-0.2, 0) is 6.42 Å². The Labute approximate surface area is 303 Å². The summed E-state index contributed by atoms with van der Waals surface area (Å²) in [4.78, 5) is 3.12. The molecule has 2 heterocycles. The van der Waals surface area contributed by atoms with Crippen LogP contribution < -0.4 is 0 Å². The van der Waals surface area contributed by atoms with E-state index in [4.69, 9.17) is 11.6 Å². The van der Waals surface area contributed by atoms with Gasteiger partial charge in [-0.3, -0.25) is 0 Å². The first kappa shape index (κ1) is 32.1. The molecule has 3 heteroatoms. The average Bonchev–Trinajstić information content (AvgIpc) is 3.93. The lowest BCUT2D eigenvalue weighted by molar-refractivity contribution is 1.13. The number of nitrogens with zero attached hydrogens (tertiary/aromatic N) is 1. The third-order valence-electron chi connectivity index (χ3n) is 9.48. The molecule has 0 saturated heterocycles. The highest BCUT2D eigenvalue weighted by Crippen LogP contribution is 2.39. The fourth-order valence-corrected chi connectivity index (χ4v) is 7.28. The number of halogens is 1. The third-order valence-corrected chi connectivity index (χ3v) is 9.70. The quantitative estimate of drug-likeness (QED) is 0.192.